The molecule has 1 heterocycles. The van der Waals surface area contributed by atoms with Gasteiger partial charge in [-0.2, -0.15) is 0 Å². The summed E-state index contributed by atoms with van der Waals surface area (Å²) in [7, 11) is 0. The number of carbonyl (C=O) groups excluding carboxylic acids is 2. The Balaban J connectivity index is 1.69. The van der Waals surface area contributed by atoms with Crippen LogP contribution in [0, 0.1) is 5.92 Å². The highest BCUT2D eigenvalue weighted by Crippen LogP contribution is 2.30. The molecular weight excluding hydrogens is 526 g/mol. The number of aryl methyl sites for hydroxylation is 1. The van der Waals surface area contributed by atoms with Crippen molar-refractivity contribution in [2.45, 2.75) is 66.0 Å². The van der Waals surface area contributed by atoms with Crippen LogP contribution in [0.2, 0.25) is 0 Å². The van der Waals surface area contributed by atoms with Crippen LogP contribution in [0.5, 0.6) is 0 Å². The van der Waals surface area contributed by atoms with Crippen LogP contribution in [0.1, 0.15) is 68.9 Å². The molecule has 4 aromatic rings. The molecule has 0 fully saturated rings. The third-order valence-corrected chi connectivity index (χ3v) is 6.95. The molecule has 0 atom stereocenters. The van der Waals surface area contributed by atoms with Crippen molar-refractivity contribution in [2.24, 2.45) is 5.92 Å². The molecule has 0 unspecified atom stereocenters. The second-order valence-corrected chi connectivity index (χ2v) is 12.3. The fraction of sp³-hybridized carbons (Fsp3) is 0.343. The van der Waals surface area contributed by atoms with Crippen LogP contribution in [0.25, 0.3) is 10.9 Å². The highest BCUT2D eigenvalue weighted by Gasteiger charge is 2.21. The highest BCUT2D eigenvalue weighted by atomic mass is 16.4. The van der Waals surface area contributed by atoms with E-state index in [2.05, 4.69) is 31.3 Å². The number of nitrogens with one attached hydrogen (secondary N) is 1. The zero-order valence-electron chi connectivity index (χ0n) is 25.2. The minimum Gasteiger partial charge on any atom is -0.481 e. The molecular formula is C35H41N3O4. The van der Waals surface area contributed by atoms with Gasteiger partial charge in [-0.15, -0.1) is 0 Å². The second-order valence-electron chi connectivity index (χ2n) is 12.3. The Hall–Kier alpha value is -4.39. The minimum absolute atomic E-state index is 0.0644. The second kappa shape index (κ2) is 13.1. The minimum atomic E-state index is -0.838. The maximum Gasteiger partial charge on any atom is 0.303 e. The summed E-state index contributed by atoms with van der Waals surface area (Å²) in [5.41, 5.74) is 4.44. The summed E-state index contributed by atoms with van der Waals surface area (Å²) in [5, 5.41) is 12.9. The fourth-order valence-corrected chi connectivity index (χ4v) is 5.20. The van der Waals surface area contributed by atoms with Gasteiger partial charge < -0.3 is 19.9 Å². The Morgan fingerprint density at radius 3 is 2.31 bits per heavy atom. The van der Waals surface area contributed by atoms with Crippen molar-refractivity contribution in [3.63, 3.8) is 0 Å². The van der Waals surface area contributed by atoms with Crippen molar-refractivity contribution in [3.05, 3.63) is 95.7 Å². The van der Waals surface area contributed by atoms with Crippen molar-refractivity contribution in [1.29, 1.82) is 0 Å². The van der Waals surface area contributed by atoms with Gasteiger partial charge in [0.1, 0.15) is 6.54 Å². The van der Waals surface area contributed by atoms with Crippen LogP contribution in [0.15, 0.2) is 79.0 Å². The molecule has 2 N–H and O–H groups in total. The van der Waals surface area contributed by atoms with Crippen LogP contribution in [-0.4, -0.2) is 39.4 Å². The third kappa shape index (κ3) is 7.87. The van der Waals surface area contributed by atoms with Gasteiger partial charge >= 0.3 is 5.97 Å². The van der Waals surface area contributed by atoms with Gasteiger partial charge in [0.05, 0.1) is 0 Å². The Morgan fingerprint density at radius 2 is 1.64 bits per heavy atom. The van der Waals surface area contributed by atoms with Crippen molar-refractivity contribution < 1.29 is 19.5 Å². The zero-order valence-corrected chi connectivity index (χ0v) is 25.2. The quantitative estimate of drug-likeness (QED) is 0.180. The summed E-state index contributed by atoms with van der Waals surface area (Å²) < 4.78 is 1.96. The van der Waals surface area contributed by atoms with E-state index in [0.717, 1.165) is 28.7 Å². The Bertz CT molecular complexity index is 1560. The molecule has 0 saturated carbocycles. The van der Waals surface area contributed by atoms with Crippen molar-refractivity contribution >= 4 is 39.9 Å². The van der Waals surface area contributed by atoms with E-state index in [9.17, 15) is 14.4 Å². The number of carboxylic acid groups (broad SMARTS) is 1. The van der Waals surface area contributed by atoms with E-state index in [1.54, 1.807) is 6.07 Å². The van der Waals surface area contributed by atoms with E-state index in [0.29, 0.717) is 30.0 Å². The molecule has 7 heteroatoms. The summed E-state index contributed by atoms with van der Waals surface area (Å²) in [5.74, 6) is -0.545. The number of aliphatic carboxylic acids is 1. The number of carboxylic acids is 1. The number of amides is 1. The first-order valence-corrected chi connectivity index (χ1v) is 14.5. The normalized spacial score (nSPS) is 11.6. The monoisotopic (exact) mass is 567 g/mol. The summed E-state index contributed by atoms with van der Waals surface area (Å²) >= 11 is 0. The molecule has 1 amide bonds. The van der Waals surface area contributed by atoms with Crippen molar-refractivity contribution in [2.75, 3.05) is 11.4 Å². The lowest BCUT2D eigenvalue weighted by molar-refractivity contribution is -0.137. The van der Waals surface area contributed by atoms with Crippen LogP contribution in [0.4, 0.5) is 11.4 Å². The maximum absolute atomic E-state index is 13.9. The van der Waals surface area contributed by atoms with Gasteiger partial charge in [-0.25, -0.2) is 0 Å². The summed E-state index contributed by atoms with van der Waals surface area (Å²) in [6, 6.07) is 23.3. The number of hydrogen-bond donors (Lipinski definition) is 2. The van der Waals surface area contributed by atoms with Crippen molar-refractivity contribution in [3.8, 4) is 0 Å². The molecule has 220 valence electrons. The number of fused-ring (bicyclic) bond motifs is 1. The molecule has 3 aromatic carbocycles. The first-order valence-electron chi connectivity index (χ1n) is 14.5. The maximum atomic E-state index is 13.9. The average molecular weight is 568 g/mol. The fourth-order valence-electron chi connectivity index (χ4n) is 5.20. The van der Waals surface area contributed by atoms with E-state index < -0.39 is 5.97 Å². The van der Waals surface area contributed by atoms with E-state index in [4.69, 9.17) is 5.11 Å². The van der Waals surface area contributed by atoms with Crippen molar-refractivity contribution in [1.82, 2.24) is 9.88 Å². The van der Waals surface area contributed by atoms with E-state index in [1.807, 2.05) is 91.0 Å². The number of anilines is 2. The summed E-state index contributed by atoms with van der Waals surface area (Å²) in [6.07, 6.45) is 3.33. The van der Waals surface area contributed by atoms with E-state index in [-0.39, 0.29) is 30.2 Å². The molecule has 42 heavy (non-hydrogen) atoms. The average Bonchev–Trinajstić information content (AvgIpc) is 3.29. The van der Waals surface area contributed by atoms with Gasteiger partial charge in [0.25, 0.3) is 0 Å². The topological polar surface area (TPSA) is 91.6 Å². The largest absolute Gasteiger partial charge is 0.481 e. The molecule has 4 rings (SSSR count). The predicted octanol–water partition coefficient (Wildman–Crippen LogP) is 6.99. The Kier molecular flexibility index (Phi) is 9.51. The Morgan fingerprint density at radius 1 is 0.929 bits per heavy atom. The van der Waals surface area contributed by atoms with Crippen LogP contribution >= 0.6 is 0 Å². The van der Waals surface area contributed by atoms with Crippen LogP contribution in [-0.2, 0) is 22.6 Å². The number of carbonyl (C=O) groups is 3. The third-order valence-electron chi connectivity index (χ3n) is 6.95. The number of rotatable bonds is 12. The predicted molar refractivity (Wildman–Crippen MR) is 169 cm³/mol. The van der Waals surface area contributed by atoms with Crippen LogP contribution in [0.3, 0.4) is 0 Å². The molecule has 0 saturated heterocycles. The van der Waals surface area contributed by atoms with E-state index in [1.165, 1.54) is 5.56 Å². The first kappa shape index (κ1) is 30.6. The molecule has 0 radical (unpaired) electrons. The highest BCUT2D eigenvalue weighted by molar-refractivity contribution is 6.16. The summed E-state index contributed by atoms with van der Waals surface area (Å²) in [4.78, 5) is 40.0. The number of para-hydroxylation sites is 1. The SMILES string of the molecule is CC(C)Cc1ccc(N(CC(=O)NC(C)(C)C)c2cccc(C(=O)c3cn(CCCC(=O)O)c4ccccc34)c2)cc1. The standard InChI is InChI=1S/C35H41N3O4/c1-24(2)20-25-15-17-27(18-16-25)38(23-32(39)36-35(3,4)5)28-11-8-10-26(21-28)34(42)30-22-37(19-9-14-33(40)41)31-13-7-6-12-29(30)31/h6-8,10-13,15-18,21-22,24H,9,14,19-20,23H2,1-5H3,(H,36,39)(H,40,41). The lowest BCUT2D eigenvalue weighted by Crippen LogP contribution is -2.45. The lowest BCUT2D eigenvalue weighted by Gasteiger charge is -2.28. The molecule has 1 aromatic heterocycles. The Labute approximate surface area is 248 Å². The van der Waals surface area contributed by atoms with Gasteiger partial charge in [0.2, 0.25) is 5.91 Å². The van der Waals surface area contributed by atoms with Crippen LogP contribution < -0.4 is 10.2 Å². The van der Waals surface area contributed by atoms with Gasteiger partial charge in [-0.1, -0.05) is 56.3 Å². The molecule has 7 nitrogen and oxygen atoms in total. The summed E-state index contributed by atoms with van der Waals surface area (Å²) in [6.45, 7) is 10.8. The number of hydrogen-bond acceptors (Lipinski definition) is 4. The number of benzene rings is 3. The number of ketones is 1. The van der Waals surface area contributed by atoms with E-state index >= 15 is 0 Å². The molecule has 0 aliphatic rings. The number of aromatic nitrogens is 1. The molecule has 0 bridgehead atoms. The smallest absolute Gasteiger partial charge is 0.303 e. The molecule has 0 spiro atoms. The van der Waals surface area contributed by atoms with Gasteiger partial charge in [0.15, 0.2) is 5.78 Å². The first-order chi connectivity index (χ1) is 19.9. The molecule has 0 aliphatic heterocycles. The van der Waals surface area contributed by atoms with Gasteiger partial charge in [-0.3, -0.25) is 14.4 Å². The van der Waals surface area contributed by atoms with Gasteiger partial charge in [0, 0.05) is 58.1 Å². The zero-order chi connectivity index (χ0) is 30.4. The van der Waals surface area contributed by atoms with Gasteiger partial charge in [-0.05, 0) is 75.4 Å². The number of nitrogens with zero attached hydrogens (tertiary/aromatic N) is 2. The molecule has 0 aliphatic carbocycles. The lowest BCUT2D eigenvalue weighted by atomic mass is 10.0.